The molecule has 0 bridgehead atoms. The third-order valence-corrected chi connectivity index (χ3v) is 2.79. The number of nitrogens with zero attached hydrogens (tertiary/aromatic N) is 2. The molecule has 0 atom stereocenters. The normalized spacial score (nSPS) is 10.4. The molecule has 5 heteroatoms. The fourth-order valence-electron chi connectivity index (χ4n) is 1.50. The van der Waals surface area contributed by atoms with Crippen molar-refractivity contribution in [1.29, 1.82) is 0 Å². The van der Waals surface area contributed by atoms with E-state index in [2.05, 4.69) is 4.98 Å². The van der Waals surface area contributed by atoms with Crippen molar-refractivity contribution in [2.45, 2.75) is 0 Å². The molecule has 1 heterocycles. The number of hydrogen-bond donors (Lipinski definition) is 1. The highest BCUT2D eigenvalue weighted by Crippen LogP contribution is 2.31. The minimum absolute atomic E-state index is 0.460. The van der Waals surface area contributed by atoms with Crippen LogP contribution >= 0.6 is 11.6 Å². The number of ether oxygens (including phenoxy) is 1. The second kappa shape index (κ2) is 4.06. The third kappa shape index (κ3) is 1.72. The van der Waals surface area contributed by atoms with E-state index in [-0.39, 0.29) is 0 Å². The number of nitrogen functional groups attached to an aromatic ring is 1. The summed E-state index contributed by atoms with van der Waals surface area (Å²) in [6, 6.07) is 5.50. The number of halogens is 1. The van der Waals surface area contributed by atoms with Gasteiger partial charge in [-0.1, -0.05) is 11.6 Å². The van der Waals surface area contributed by atoms with Crippen molar-refractivity contribution in [3.63, 3.8) is 0 Å². The average molecular weight is 238 g/mol. The largest absolute Gasteiger partial charge is 0.497 e. The standard InChI is InChI=1S/C11H12ClN3O/c1-15-10(6-14-11(15)13)8-4-3-7(16-2)5-9(8)12/h3-6H,1-2H3,(H2,13,14). The van der Waals surface area contributed by atoms with Gasteiger partial charge in [0.15, 0.2) is 5.95 Å². The number of methoxy groups -OCH3 is 1. The maximum absolute atomic E-state index is 6.16. The Hall–Kier alpha value is -1.68. The van der Waals surface area contributed by atoms with E-state index in [4.69, 9.17) is 22.1 Å². The lowest BCUT2D eigenvalue weighted by Gasteiger charge is -2.07. The Labute approximate surface area is 98.6 Å². The molecular formula is C11H12ClN3O. The molecule has 16 heavy (non-hydrogen) atoms. The van der Waals surface area contributed by atoms with Gasteiger partial charge in [0.05, 0.1) is 24.0 Å². The minimum Gasteiger partial charge on any atom is -0.497 e. The highest BCUT2D eigenvalue weighted by molar-refractivity contribution is 6.33. The first-order chi connectivity index (χ1) is 7.63. The smallest absolute Gasteiger partial charge is 0.200 e. The highest BCUT2D eigenvalue weighted by Gasteiger charge is 2.10. The van der Waals surface area contributed by atoms with Crippen LogP contribution in [0.4, 0.5) is 5.95 Å². The van der Waals surface area contributed by atoms with E-state index in [0.29, 0.717) is 11.0 Å². The molecule has 0 aliphatic rings. The lowest BCUT2D eigenvalue weighted by Crippen LogP contribution is -1.98. The van der Waals surface area contributed by atoms with Crippen LogP contribution < -0.4 is 10.5 Å². The zero-order valence-corrected chi connectivity index (χ0v) is 9.82. The lowest BCUT2D eigenvalue weighted by molar-refractivity contribution is 0.415. The van der Waals surface area contributed by atoms with Crippen molar-refractivity contribution < 1.29 is 4.74 Å². The van der Waals surface area contributed by atoms with Crippen LogP contribution in [-0.2, 0) is 7.05 Å². The van der Waals surface area contributed by atoms with Crippen LogP contribution in [0.3, 0.4) is 0 Å². The summed E-state index contributed by atoms with van der Waals surface area (Å²) in [6.45, 7) is 0. The Morgan fingerprint density at radius 2 is 2.19 bits per heavy atom. The summed E-state index contributed by atoms with van der Waals surface area (Å²) in [7, 11) is 3.45. The molecule has 0 saturated heterocycles. The Balaban J connectivity index is 2.52. The van der Waals surface area contributed by atoms with Crippen LogP contribution in [-0.4, -0.2) is 16.7 Å². The fraction of sp³-hybridized carbons (Fsp3) is 0.182. The monoisotopic (exact) mass is 237 g/mol. The van der Waals surface area contributed by atoms with Crippen molar-refractivity contribution in [3.8, 4) is 17.0 Å². The zero-order valence-electron chi connectivity index (χ0n) is 9.07. The van der Waals surface area contributed by atoms with E-state index in [0.717, 1.165) is 17.0 Å². The van der Waals surface area contributed by atoms with Gasteiger partial charge in [-0.2, -0.15) is 0 Å². The molecule has 1 aromatic heterocycles. The summed E-state index contributed by atoms with van der Waals surface area (Å²) in [5.41, 5.74) is 7.43. The van der Waals surface area contributed by atoms with E-state index in [1.54, 1.807) is 23.9 Å². The van der Waals surface area contributed by atoms with E-state index >= 15 is 0 Å². The maximum atomic E-state index is 6.16. The summed E-state index contributed by atoms with van der Waals surface area (Å²) in [5.74, 6) is 1.19. The second-order valence-corrected chi connectivity index (χ2v) is 3.81. The molecule has 0 saturated carbocycles. The van der Waals surface area contributed by atoms with Crippen LogP contribution in [0, 0.1) is 0 Å². The predicted molar refractivity (Wildman–Crippen MR) is 64.6 cm³/mol. The van der Waals surface area contributed by atoms with Crippen molar-refractivity contribution >= 4 is 17.5 Å². The molecule has 84 valence electrons. The van der Waals surface area contributed by atoms with Gasteiger partial charge >= 0.3 is 0 Å². The second-order valence-electron chi connectivity index (χ2n) is 3.41. The summed E-state index contributed by atoms with van der Waals surface area (Å²) in [5, 5.41) is 0.613. The van der Waals surface area contributed by atoms with Crippen LogP contribution in [0.2, 0.25) is 5.02 Å². The summed E-state index contributed by atoms with van der Waals surface area (Å²) in [6.07, 6.45) is 1.70. The molecule has 0 radical (unpaired) electrons. The zero-order chi connectivity index (χ0) is 11.7. The molecule has 0 spiro atoms. The van der Waals surface area contributed by atoms with E-state index in [9.17, 15) is 0 Å². The summed E-state index contributed by atoms with van der Waals surface area (Å²) < 4.78 is 6.88. The van der Waals surface area contributed by atoms with Crippen molar-refractivity contribution in [2.75, 3.05) is 12.8 Å². The fourth-order valence-corrected chi connectivity index (χ4v) is 1.77. The highest BCUT2D eigenvalue weighted by atomic mass is 35.5. The number of hydrogen-bond acceptors (Lipinski definition) is 3. The van der Waals surface area contributed by atoms with Crippen LogP contribution in [0.25, 0.3) is 11.3 Å². The topological polar surface area (TPSA) is 53.1 Å². The quantitative estimate of drug-likeness (QED) is 0.872. The van der Waals surface area contributed by atoms with E-state index in [1.807, 2.05) is 19.2 Å². The minimum atomic E-state index is 0.460. The molecular weight excluding hydrogens is 226 g/mol. The molecule has 0 fully saturated rings. The molecule has 1 aromatic carbocycles. The van der Waals surface area contributed by atoms with Gasteiger partial charge in [-0.05, 0) is 18.2 Å². The molecule has 4 nitrogen and oxygen atoms in total. The van der Waals surface area contributed by atoms with Gasteiger partial charge in [-0.3, -0.25) is 0 Å². The van der Waals surface area contributed by atoms with Crippen molar-refractivity contribution in [3.05, 3.63) is 29.4 Å². The first-order valence-electron chi connectivity index (χ1n) is 4.74. The van der Waals surface area contributed by atoms with Crippen molar-refractivity contribution in [2.24, 2.45) is 7.05 Å². The van der Waals surface area contributed by atoms with Crippen LogP contribution in [0.15, 0.2) is 24.4 Å². The Bertz CT molecular complexity index is 522. The third-order valence-electron chi connectivity index (χ3n) is 2.48. The van der Waals surface area contributed by atoms with Gasteiger partial charge in [0.2, 0.25) is 0 Å². The number of rotatable bonds is 2. The molecule has 2 aromatic rings. The SMILES string of the molecule is COc1ccc(-c2cnc(N)n2C)c(Cl)c1. The van der Waals surface area contributed by atoms with Crippen LogP contribution in [0.1, 0.15) is 0 Å². The first-order valence-corrected chi connectivity index (χ1v) is 5.12. The number of imidazole rings is 1. The van der Waals surface area contributed by atoms with E-state index < -0.39 is 0 Å². The molecule has 0 aliphatic carbocycles. The molecule has 2 N–H and O–H groups in total. The number of anilines is 1. The van der Waals surface area contributed by atoms with E-state index in [1.165, 1.54) is 0 Å². The average Bonchev–Trinajstić information content (AvgIpc) is 2.60. The molecule has 0 amide bonds. The number of nitrogens with two attached hydrogens (primary N) is 1. The summed E-state index contributed by atoms with van der Waals surface area (Å²) in [4.78, 5) is 4.03. The maximum Gasteiger partial charge on any atom is 0.200 e. The van der Waals surface area contributed by atoms with Gasteiger partial charge in [0.25, 0.3) is 0 Å². The van der Waals surface area contributed by atoms with Gasteiger partial charge in [-0.25, -0.2) is 4.98 Å². The molecule has 0 unspecified atom stereocenters. The molecule has 2 rings (SSSR count). The van der Waals surface area contributed by atoms with Gasteiger partial charge < -0.3 is 15.0 Å². The predicted octanol–water partition coefficient (Wildman–Crippen LogP) is 2.33. The first kappa shape index (κ1) is 10.8. The Kier molecular flexibility index (Phi) is 2.75. The summed E-state index contributed by atoms with van der Waals surface area (Å²) >= 11 is 6.16. The number of aromatic nitrogens is 2. The van der Waals surface area contributed by atoms with Gasteiger partial charge in [0, 0.05) is 12.6 Å². The Morgan fingerprint density at radius 1 is 1.44 bits per heavy atom. The van der Waals surface area contributed by atoms with Gasteiger partial charge in [0.1, 0.15) is 5.75 Å². The Morgan fingerprint density at radius 3 is 2.69 bits per heavy atom. The number of benzene rings is 1. The molecule has 0 aliphatic heterocycles. The van der Waals surface area contributed by atoms with Gasteiger partial charge in [-0.15, -0.1) is 0 Å². The lowest BCUT2D eigenvalue weighted by atomic mass is 10.1. The van der Waals surface area contributed by atoms with Crippen molar-refractivity contribution in [1.82, 2.24) is 9.55 Å². The van der Waals surface area contributed by atoms with Crippen LogP contribution in [0.5, 0.6) is 5.75 Å².